The van der Waals surface area contributed by atoms with E-state index in [0.29, 0.717) is 6.04 Å². The molecule has 1 atom stereocenters. The number of hydrogen-bond acceptors (Lipinski definition) is 3. The lowest BCUT2D eigenvalue weighted by Crippen LogP contribution is -2.45. The molecule has 3 nitrogen and oxygen atoms in total. The summed E-state index contributed by atoms with van der Waals surface area (Å²) in [6.07, 6.45) is 1.16. The minimum Gasteiger partial charge on any atom is -0.496 e. The summed E-state index contributed by atoms with van der Waals surface area (Å²) in [6.45, 7) is 11.1. The van der Waals surface area contributed by atoms with Crippen LogP contribution in [0.15, 0.2) is 12.1 Å². The summed E-state index contributed by atoms with van der Waals surface area (Å²) in [5, 5.41) is 3.43. The van der Waals surface area contributed by atoms with E-state index in [1.165, 1.54) is 16.7 Å². The zero-order chi connectivity index (χ0) is 13.8. The maximum atomic E-state index is 5.42. The number of methoxy groups -OCH3 is 1. The number of nitrogens with one attached hydrogen (secondary N) is 1. The van der Waals surface area contributed by atoms with Gasteiger partial charge in [0.15, 0.2) is 0 Å². The number of rotatable bonds is 4. The molecule has 106 valence electrons. The molecular weight excluding hydrogens is 236 g/mol. The number of hydrogen-bond donors (Lipinski definition) is 1. The molecule has 0 amide bonds. The summed E-state index contributed by atoms with van der Waals surface area (Å²) in [5.41, 5.74) is 4.11. The van der Waals surface area contributed by atoms with Gasteiger partial charge in [0, 0.05) is 32.2 Å². The third kappa shape index (κ3) is 2.93. The number of ether oxygens (including phenoxy) is 1. The predicted octanol–water partition coefficient (Wildman–Crippen LogP) is 2.67. The van der Waals surface area contributed by atoms with Crippen molar-refractivity contribution < 1.29 is 4.74 Å². The Morgan fingerprint density at radius 1 is 1.21 bits per heavy atom. The Kier molecular flexibility index (Phi) is 4.83. The molecule has 1 heterocycles. The van der Waals surface area contributed by atoms with Crippen molar-refractivity contribution in [3.63, 3.8) is 0 Å². The fourth-order valence-corrected chi connectivity index (χ4v) is 3.07. The van der Waals surface area contributed by atoms with Gasteiger partial charge in [-0.05, 0) is 43.0 Å². The van der Waals surface area contributed by atoms with Gasteiger partial charge in [-0.1, -0.05) is 13.0 Å². The average molecular weight is 262 g/mol. The largest absolute Gasteiger partial charge is 0.496 e. The maximum absolute atomic E-state index is 5.42. The Bertz CT molecular complexity index is 425. The third-order valence-corrected chi connectivity index (χ3v) is 4.34. The van der Waals surface area contributed by atoms with Crippen LogP contribution in [-0.2, 0) is 0 Å². The topological polar surface area (TPSA) is 24.5 Å². The second-order valence-corrected chi connectivity index (χ2v) is 5.32. The fraction of sp³-hybridized carbons (Fsp3) is 0.625. The van der Waals surface area contributed by atoms with E-state index >= 15 is 0 Å². The van der Waals surface area contributed by atoms with Crippen molar-refractivity contribution in [2.45, 2.75) is 33.2 Å². The van der Waals surface area contributed by atoms with Crippen LogP contribution in [0.4, 0.5) is 0 Å². The van der Waals surface area contributed by atoms with E-state index < -0.39 is 0 Å². The van der Waals surface area contributed by atoms with Crippen molar-refractivity contribution in [1.82, 2.24) is 10.2 Å². The monoisotopic (exact) mass is 262 g/mol. The van der Waals surface area contributed by atoms with Crippen LogP contribution in [0.1, 0.15) is 36.1 Å². The minimum atomic E-state index is 0.534. The van der Waals surface area contributed by atoms with Crippen LogP contribution in [-0.4, -0.2) is 38.2 Å². The summed E-state index contributed by atoms with van der Waals surface area (Å²) in [5.74, 6) is 0.997. The summed E-state index contributed by atoms with van der Waals surface area (Å²) in [6, 6.07) is 4.89. The maximum Gasteiger partial charge on any atom is 0.122 e. The van der Waals surface area contributed by atoms with Gasteiger partial charge >= 0.3 is 0 Å². The van der Waals surface area contributed by atoms with Crippen molar-refractivity contribution >= 4 is 0 Å². The van der Waals surface area contributed by atoms with Crippen LogP contribution in [0.25, 0.3) is 0 Å². The van der Waals surface area contributed by atoms with Gasteiger partial charge in [0.1, 0.15) is 5.75 Å². The Morgan fingerprint density at radius 2 is 1.89 bits per heavy atom. The molecule has 2 rings (SSSR count). The molecule has 0 spiro atoms. The zero-order valence-corrected chi connectivity index (χ0v) is 12.6. The Labute approximate surface area is 116 Å². The number of benzene rings is 1. The summed E-state index contributed by atoms with van der Waals surface area (Å²) >= 11 is 0. The summed E-state index contributed by atoms with van der Waals surface area (Å²) < 4.78 is 5.42. The smallest absolute Gasteiger partial charge is 0.122 e. The first-order valence-electron chi connectivity index (χ1n) is 7.27. The van der Waals surface area contributed by atoms with Gasteiger partial charge in [-0.25, -0.2) is 0 Å². The lowest BCUT2D eigenvalue weighted by atomic mass is 9.94. The number of nitrogens with zero attached hydrogens (tertiary/aromatic N) is 1. The molecule has 0 bridgehead atoms. The van der Waals surface area contributed by atoms with E-state index in [1.54, 1.807) is 7.11 Å². The van der Waals surface area contributed by atoms with E-state index in [4.69, 9.17) is 4.74 Å². The lowest BCUT2D eigenvalue weighted by Gasteiger charge is -2.35. The standard InChI is InChI=1S/C16H26N2O/c1-5-15(18-10-8-17-9-11-18)14-6-7-16(19-4)13(3)12(14)2/h6-7,15,17H,5,8-11H2,1-4H3. The molecule has 19 heavy (non-hydrogen) atoms. The van der Waals surface area contributed by atoms with Crippen LogP contribution in [0, 0.1) is 13.8 Å². The van der Waals surface area contributed by atoms with Gasteiger partial charge in [0.05, 0.1) is 7.11 Å². The van der Waals surface area contributed by atoms with E-state index in [2.05, 4.69) is 43.1 Å². The molecule has 1 aromatic rings. The zero-order valence-electron chi connectivity index (χ0n) is 12.6. The van der Waals surface area contributed by atoms with Crippen LogP contribution in [0.5, 0.6) is 5.75 Å². The van der Waals surface area contributed by atoms with E-state index in [1.807, 2.05) is 0 Å². The highest BCUT2D eigenvalue weighted by Crippen LogP contribution is 2.32. The Balaban J connectivity index is 2.30. The molecule has 3 heteroatoms. The minimum absolute atomic E-state index is 0.534. The fourth-order valence-electron chi connectivity index (χ4n) is 3.07. The molecular formula is C16H26N2O. The van der Waals surface area contributed by atoms with Crippen LogP contribution in [0.3, 0.4) is 0 Å². The highest BCUT2D eigenvalue weighted by Gasteiger charge is 2.22. The predicted molar refractivity (Wildman–Crippen MR) is 79.9 cm³/mol. The molecule has 1 unspecified atom stereocenters. The van der Waals surface area contributed by atoms with E-state index in [9.17, 15) is 0 Å². The van der Waals surface area contributed by atoms with Crippen LogP contribution >= 0.6 is 0 Å². The van der Waals surface area contributed by atoms with Crippen LogP contribution < -0.4 is 10.1 Å². The second-order valence-electron chi connectivity index (χ2n) is 5.32. The third-order valence-electron chi connectivity index (χ3n) is 4.34. The van der Waals surface area contributed by atoms with Gasteiger partial charge in [-0.3, -0.25) is 4.90 Å². The molecule has 0 aromatic heterocycles. The number of piperazine rings is 1. The summed E-state index contributed by atoms with van der Waals surface area (Å²) in [7, 11) is 1.75. The molecule has 0 radical (unpaired) electrons. The Hall–Kier alpha value is -1.06. The molecule has 0 saturated carbocycles. The van der Waals surface area contributed by atoms with Crippen molar-refractivity contribution in [1.29, 1.82) is 0 Å². The van der Waals surface area contributed by atoms with Gasteiger partial charge in [-0.15, -0.1) is 0 Å². The molecule has 1 fully saturated rings. The van der Waals surface area contributed by atoms with E-state index in [0.717, 1.165) is 38.3 Å². The highest BCUT2D eigenvalue weighted by atomic mass is 16.5. The van der Waals surface area contributed by atoms with Gasteiger partial charge in [0.2, 0.25) is 0 Å². The first-order valence-corrected chi connectivity index (χ1v) is 7.27. The molecule has 1 saturated heterocycles. The van der Waals surface area contributed by atoms with Crippen molar-refractivity contribution in [2.24, 2.45) is 0 Å². The molecule has 0 aliphatic carbocycles. The molecule has 1 aromatic carbocycles. The van der Waals surface area contributed by atoms with Crippen molar-refractivity contribution in [2.75, 3.05) is 33.3 Å². The van der Waals surface area contributed by atoms with Gasteiger partial charge in [-0.2, -0.15) is 0 Å². The van der Waals surface area contributed by atoms with E-state index in [-0.39, 0.29) is 0 Å². The lowest BCUT2D eigenvalue weighted by molar-refractivity contribution is 0.169. The molecule has 1 aliphatic rings. The normalized spacial score (nSPS) is 18.3. The van der Waals surface area contributed by atoms with Gasteiger partial charge < -0.3 is 10.1 Å². The van der Waals surface area contributed by atoms with Crippen molar-refractivity contribution in [3.8, 4) is 5.75 Å². The van der Waals surface area contributed by atoms with Crippen molar-refractivity contribution in [3.05, 3.63) is 28.8 Å². The quantitative estimate of drug-likeness (QED) is 0.903. The summed E-state index contributed by atoms with van der Waals surface area (Å²) in [4.78, 5) is 2.60. The molecule has 1 N–H and O–H groups in total. The first-order chi connectivity index (χ1) is 9.19. The SMILES string of the molecule is CCC(c1ccc(OC)c(C)c1C)N1CCNCC1. The first kappa shape index (κ1) is 14.4. The highest BCUT2D eigenvalue weighted by molar-refractivity contribution is 5.44. The molecule has 1 aliphatic heterocycles. The Morgan fingerprint density at radius 3 is 2.47 bits per heavy atom. The second kappa shape index (κ2) is 6.40. The van der Waals surface area contributed by atoms with Gasteiger partial charge in [0.25, 0.3) is 0 Å². The average Bonchev–Trinajstić information content (AvgIpc) is 2.45. The van der Waals surface area contributed by atoms with Crippen LogP contribution in [0.2, 0.25) is 0 Å².